The van der Waals surface area contributed by atoms with Crippen LogP contribution in [0.25, 0.3) is 11.1 Å². The van der Waals surface area contributed by atoms with Crippen LogP contribution in [0.2, 0.25) is 0 Å². The molecule has 0 heterocycles. The van der Waals surface area contributed by atoms with Gasteiger partial charge in [-0.3, -0.25) is 0 Å². The van der Waals surface area contributed by atoms with Crippen molar-refractivity contribution >= 4 is 0 Å². The summed E-state index contributed by atoms with van der Waals surface area (Å²) in [6.45, 7) is 4.32. The molecule has 0 aliphatic heterocycles. The van der Waals surface area contributed by atoms with Gasteiger partial charge in [-0.25, -0.2) is 0 Å². The first kappa shape index (κ1) is 11.9. The van der Waals surface area contributed by atoms with Crippen LogP contribution in [0.3, 0.4) is 0 Å². The van der Waals surface area contributed by atoms with Crippen molar-refractivity contribution in [2.75, 3.05) is 7.05 Å². The molecule has 0 aliphatic rings. The standard InChI is InChI=1S/C16H19N/c1-12-6-4-5-7-16(12)15-10-8-14(9-11-15)13(2)17-3/h4-11,13,17H,1-3H3. The van der Waals surface area contributed by atoms with Crippen molar-refractivity contribution in [3.8, 4) is 11.1 Å². The molecule has 1 N–H and O–H groups in total. The molecule has 0 bridgehead atoms. The summed E-state index contributed by atoms with van der Waals surface area (Å²) in [5.74, 6) is 0. The molecule has 2 aromatic carbocycles. The fourth-order valence-electron chi connectivity index (χ4n) is 2.01. The van der Waals surface area contributed by atoms with Crippen LogP contribution < -0.4 is 5.32 Å². The Morgan fingerprint density at radius 3 is 2.18 bits per heavy atom. The Balaban J connectivity index is 2.33. The number of hydrogen-bond acceptors (Lipinski definition) is 1. The van der Waals surface area contributed by atoms with E-state index >= 15 is 0 Å². The van der Waals surface area contributed by atoms with Gasteiger partial charge in [0.2, 0.25) is 0 Å². The molecule has 1 unspecified atom stereocenters. The first-order valence-electron chi connectivity index (χ1n) is 6.05. The summed E-state index contributed by atoms with van der Waals surface area (Å²) in [7, 11) is 1.99. The van der Waals surface area contributed by atoms with Crippen LogP contribution in [0.4, 0.5) is 0 Å². The van der Waals surface area contributed by atoms with Gasteiger partial charge in [0, 0.05) is 6.04 Å². The molecule has 1 atom stereocenters. The average Bonchev–Trinajstić information content (AvgIpc) is 2.39. The van der Waals surface area contributed by atoms with Gasteiger partial charge in [-0.15, -0.1) is 0 Å². The molecule has 0 saturated heterocycles. The topological polar surface area (TPSA) is 12.0 Å². The van der Waals surface area contributed by atoms with Gasteiger partial charge < -0.3 is 5.32 Å². The van der Waals surface area contributed by atoms with Crippen molar-refractivity contribution in [2.45, 2.75) is 19.9 Å². The molecule has 0 amide bonds. The van der Waals surface area contributed by atoms with E-state index in [2.05, 4.69) is 67.7 Å². The van der Waals surface area contributed by atoms with Crippen molar-refractivity contribution in [1.82, 2.24) is 5.32 Å². The highest BCUT2D eigenvalue weighted by Gasteiger charge is 2.04. The highest BCUT2D eigenvalue weighted by Crippen LogP contribution is 2.24. The average molecular weight is 225 g/mol. The van der Waals surface area contributed by atoms with Crippen LogP contribution in [-0.2, 0) is 0 Å². The summed E-state index contributed by atoms with van der Waals surface area (Å²) in [5, 5.41) is 3.25. The zero-order valence-corrected chi connectivity index (χ0v) is 10.7. The van der Waals surface area contributed by atoms with Gasteiger partial charge in [0.1, 0.15) is 0 Å². The summed E-state index contributed by atoms with van der Waals surface area (Å²) in [6, 6.07) is 17.7. The SMILES string of the molecule is CNC(C)c1ccc(-c2ccccc2C)cc1. The van der Waals surface area contributed by atoms with Crippen LogP contribution in [0.15, 0.2) is 48.5 Å². The van der Waals surface area contributed by atoms with Gasteiger partial charge in [-0.1, -0.05) is 48.5 Å². The lowest BCUT2D eigenvalue weighted by Crippen LogP contribution is -2.11. The Hall–Kier alpha value is -1.60. The third-order valence-electron chi connectivity index (χ3n) is 3.30. The molecule has 17 heavy (non-hydrogen) atoms. The number of hydrogen-bond donors (Lipinski definition) is 1. The van der Waals surface area contributed by atoms with Crippen molar-refractivity contribution in [3.63, 3.8) is 0 Å². The van der Waals surface area contributed by atoms with E-state index in [0.29, 0.717) is 6.04 Å². The van der Waals surface area contributed by atoms with E-state index < -0.39 is 0 Å². The minimum Gasteiger partial charge on any atom is -0.313 e. The fourth-order valence-corrected chi connectivity index (χ4v) is 2.01. The van der Waals surface area contributed by atoms with Gasteiger partial charge in [-0.2, -0.15) is 0 Å². The van der Waals surface area contributed by atoms with Crippen molar-refractivity contribution in [1.29, 1.82) is 0 Å². The van der Waals surface area contributed by atoms with Gasteiger partial charge in [0.05, 0.1) is 0 Å². The lowest BCUT2D eigenvalue weighted by molar-refractivity contribution is 0.652. The van der Waals surface area contributed by atoms with E-state index in [1.807, 2.05) is 7.05 Å². The van der Waals surface area contributed by atoms with E-state index in [1.54, 1.807) is 0 Å². The molecule has 88 valence electrons. The summed E-state index contributed by atoms with van der Waals surface area (Å²) in [6.07, 6.45) is 0. The predicted molar refractivity (Wildman–Crippen MR) is 74.1 cm³/mol. The van der Waals surface area contributed by atoms with E-state index in [4.69, 9.17) is 0 Å². The molecule has 1 nitrogen and oxygen atoms in total. The molecule has 0 spiro atoms. The Labute approximate surface area is 103 Å². The maximum absolute atomic E-state index is 3.25. The molecular formula is C16H19N. The Morgan fingerprint density at radius 2 is 1.59 bits per heavy atom. The van der Waals surface area contributed by atoms with E-state index in [-0.39, 0.29) is 0 Å². The quantitative estimate of drug-likeness (QED) is 0.834. The summed E-state index contributed by atoms with van der Waals surface area (Å²) >= 11 is 0. The minimum atomic E-state index is 0.404. The third kappa shape index (κ3) is 2.56. The largest absolute Gasteiger partial charge is 0.313 e. The van der Waals surface area contributed by atoms with Crippen molar-refractivity contribution in [3.05, 3.63) is 59.7 Å². The molecule has 2 rings (SSSR count). The second-order valence-electron chi connectivity index (χ2n) is 4.45. The maximum Gasteiger partial charge on any atom is 0.0289 e. The normalized spacial score (nSPS) is 12.4. The first-order valence-corrected chi connectivity index (χ1v) is 6.05. The number of nitrogens with one attached hydrogen (secondary N) is 1. The zero-order chi connectivity index (χ0) is 12.3. The monoisotopic (exact) mass is 225 g/mol. The van der Waals surface area contributed by atoms with E-state index in [9.17, 15) is 0 Å². The second-order valence-corrected chi connectivity index (χ2v) is 4.45. The minimum absolute atomic E-state index is 0.404. The molecular weight excluding hydrogens is 206 g/mol. The Morgan fingerprint density at radius 1 is 0.941 bits per heavy atom. The predicted octanol–water partition coefficient (Wildman–Crippen LogP) is 3.94. The van der Waals surface area contributed by atoms with Gasteiger partial charge in [-0.05, 0) is 43.1 Å². The summed E-state index contributed by atoms with van der Waals surface area (Å²) in [5.41, 5.74) is 5.25. The molecule has 0 saturated carbocycles. The lowest BCUT2D eigenvalue weighted by Gasteiger charge is -2.12. The number of rotatable bonds is 3. The lowest BCUT2D eigenvalue weighted by atomic mass is 9.98. The summed E-state index contributed by atoms with van der Waals surface area (Å²) < 4.78 is 0. The first-order chi connectivity index (χ1) is 8.22. The maximum atomic E-state index is 3.25. The fraction of sp³-hybridized carbons (Fsp3) is 0.250. The van der Waals surface area contributed by atoms with Crippen LogP contribution in [0, 0.1) is 6.92 Å². The molecule has 1 heteroatoms. The van der Waals surface area contributed by atoms with Gasteiger partial charge in [0.25, 0.3) is 0 Å². The van der Waals surface area contributed by atoms with Crippen LogP contribution in [0.5, 0.6) is 0 Å². The van der Waals surface area contributed by atoms with Crippen molar-refractivity contribution < 1.29 is 0 Å². The Kier molecular flexibility index (Phi) is 3.60. The molecule has 0 aromatic heterocycles. The third-order valence-corrected chi connectivity index (χ3v) is 3.30. The molecule has 0 radical (unpaired) electrons. The van der Waals surface area contributed by atoms with Crippen LogP contribution in [0.1, 0.15) is 24.1 Å². The molecule has 0 fully saturated rings. The van der Waals surface area contributed by atoms with Crippen molar-refractivity contribution in [2.24, 2.45) is 0 Å². The van der Waals surface area contributed by atoms with Crippen LogP contribution >= 0.6 is 0 Å². The number of aryl methyl sites for hydroxylation is 1. The molecule has 2 aromatic rings. The van der Waals surface area contributed by atoms with Crippen LogP contribution in [-0.4, -0.2) is 7.05 Å². The highest BCUT2D eigenvalue weighted by molar-refractivity contribution is 5.67. The van der Waals surface area contributed by atoms with E-state index in [1.165, 1.54) is 22.3 Å². The zero-order valence-electron chi connectivity index (χ0n) is 10.7. The Bertz CT molecular complexity index is 485. The van der Waals surface area contributed by atoms with Gasteiger partial charge in [0.15, 0.2) is 0 Å². The molecule has 0 aliphatic carbocycles. The smallest absolute Gasteiger partial charge is 0.0289 e. The second kappa shape index (κ2) is 5.15. The highest BCUT2D eigenvalue weighted by atomic mass is 14.8. The summed E-state index contributed by atoms with van der Waals surface area (Å²) in [4.78, 5) is 0. The number of benzene rings is 2. The van der Waals surface area contributed by atoms with E-state index in [0.717, 1.165) is 0 Å². The van der Waals surface area contributed by atoms with Gasteiger partial charge >= 0.3 is 0 Å².